The maximum atomic E-state index is 8.88. The zero-order valence-electron chi connectivity index (χ0n) is 6.91. The summed E-state index contributed by atoms with van der Waals surface area (Å²) in [5.41, 5.74) is 0.637. The van der Waals surface area contributed by atoms with Gasteiger partial charge >= 0.3 is 0 Å². The van der Waals surface area contributed by atoms with Crippen molar-refractivity contribution in [1.29, 1.82) is 10.5 Å². The molecule has 0 spiro atoms. The topological polar surface area (TPSA) is 47.6 Å². The fraction of sp³-hybridized carbons (Fsp3) is 0. The summed E-state index contributed by atoms with van der Waals surface area (Å²) < 4.78 is 2.12. The van der Waals surface area contributed by atoms with Crippen LogP contribution in [0.5, 0.6) is 0 Å². The Morgan fingerprint density at radius 3 is 2.64 bits per heavy atom. The van der Waals surface area contributed by atoms with Gasteiger partial charge in [0, 0.05) is 8.96 Å². The molecule has 0 radical (unpaired) electrons. The van der Waals surface area contributed by atoms with E-state index in [4.69, 9.17) is 10.5 Å². The summed E-state index contributed by atoms with van der Waals surface area (Å²) in [5.74, 6) is 0. The largest absolute Gasteiger partial charge is 0.192 e. The molecule has 0 aliphatic carbocycles. The van der Waals surface area contributed by atoms with E-state index >= 15 is 0 Å². The quantitative estimate of drug-likeness (QED) is 0.701. The molecule has 2 rings (SSSR count). The summed E-state index contributed by atoms with van der Waals surface area (Å²) >= 11 is 3.65. The van der Waals surface area contributed by atoms with Crippen LogP contribution >= 0.6 is 33.9 Å². The second-order valence-electron chi connectivity index (χ2n) is 2.67. The number of halogens is 1. The third-order valence-corrected chi connectivity index (χ3v) is 4.20. The van der Waals surface area contributed by atoms with Crippen molar-refractivity contribution in [3.63, 3.8) is 0 Å². The van der Waals surface area contributed by atoms with E-state index in [1.807, 2.05) is 6.07 Å². The van der Waals surface area contributed by atoms with Crippen LogP contribution in [-0.4, -0.2) is 0 Å². The van der Waals surface area contributed by atoms with Gasteiger partial charge < -0.3 is 0 Å². The highest BCUT2D eigenvalue weighted by Gasteiger charge is 2.08. The Morgan fingerprint density at radius 2 is 2.00 bits per heavy atom. The molecule has 14 heavy (non-hydrogen) atoms. The summed E-state index contributed by atoms with van der Waals surface area (Å²) in [6.45, 7) is 0. The number of nitriles is 2. The zero-order valence-corrected chi connectivity index (χ0v) is 9.89. The number of fused-ring (bicyclic) bond motifs is 1. The monoisotopic (exact) mass is 310 g/mol. The molecule has 2 aromatic rings. The Morgan fingerprint density at radius 1 is 1.21 bits per heavy atom. The van der Waals surface area contributed by atoms with E-state index in [0.717, 1.165) is 13.7 Å². The molecule has 0 saturated carbocycles. The average Bonchev–Trinajstić information content (AvgIpc) is 2.63. The van der Waals surface area contributed by atoms with Crippen LogP contribution in [0.15, 0.2) is 18.2 Å². The minimum Gasteiger partial charge on any atom is -0.192 e. The van der Waals surface area contributed by atoms with Crippen molar-refractivity contribution in [2.24, 2.45) is 0 Å². The fourth-order valence-electron chi connectivity index (χ4n) is 1.24. The van der Waals surface area contributed by atoms with Gasteiger partial charge in [0.05, 0.1) is 16.3 Å². The van der Waals surface area contributed by atoms with Crippen molar-refractivity contribution in [1.82, 2.24) is 0 Å². The number of thiophene rings is 1. The molecule has 0 unspecified atom stereocenters. The van der Waals surface area contributed by atoms with Crippen LogP contribution in [0, 0.1) is 26.2 Å². The van der Waals surface area contributed by atoms with Gasteiger partial charge in [0.15, 0.2) is 0 Å². The number of rotatable bonds is 0. The summed E-state index contributed by atoms with van der Waals surface area (Å²) in [6, 6.07) is 9.70. The van der Waals surface area contributed by atoms with E-state index in [9.17, 15) is 0 Å². The maximum absolute atomic E-state index is 8.88. The molecule has 0 fully saturated rings. The summed E-state index contributed by atoms with van der Waals surface area (Å²) in [5, 5.41) is 18.5. The average molecular weight is 310 g/mol. The molecule has 1 heterocycles. The highest BCUT2D eigenvalue weighted by molar-refractivity contribution is 14.1. The lowest BCUT2D eigenvalue weighted by Gasteiger charge is -1.94. The molecule has 0 atom stereocenters. The Balaban J connectivity index is 2.92. The first kappa shape index (κ1) is 9.45. The Bertz CT molecular complexity index is 586. The van der Waals surface area contributed by atoms with Gasteiger partial charge in [-0.05, 0) is 40.8 Å². The molecule has 66 valence electrons. The standard InChI is InChI=1S/C10H3IN2S/c11-9-2-1-6(4-12)8-3-7(5-13)14-10(8)9/h1-3H. The molecule has 4 heteroatoms. The van der Waals surface area contributed by atoms with E-state index in [1.54, 1.807) is 12.1 Å². The number of hydrogen-bond donors (Lipinski definition) is 0. The third kappa shape index (κ3) is 1.37. The first-order valence-corrected chi connectivity index (χ1v) is 5.68. The smallest absolute Gasteiger partial charge is 0.110 e. The van der Waals surface area contributed by atoms with Crippen molar-refractivity contribution < 1.29 is 0 Å². The zero-order chi connectivity index (χ0) is 10.1. The van der Waals surface area contributed by atoms with Gasteiger partial charge in [-0.25, -0.2) is 0 Å². The molecule has 0 amide bonds. The van der Waals surface area contributed by atoms with Crippen LogP contribution in [0.25, 0.3) is 10.1 Å². The molecule has 0 bridgehead atoms. The van der Waals surface area contributed by atoms with Gasteiger partial charge in [-0.1, -0.05) is 0 Å². The Labute approximate surface area is 98.5 Å². The first-order chi connectivity index (χ1) is 6.76. The molecule has 0 aliphatic heterocycles. The van der Waals surface area contributed by atoms with Gasteiger partial charge in [0.25, 0.3) is 0 Å². The van der Waals surface area contributed by atoms with Gasteiger partial charge in [-0.15, -0.1) is 11.3 Å². The van der Waals surface area contributed by atoms with Crippen LogP contribution in [0.4, 0.5) is 0 Å². The second-order valence-corrected chi connectivity index (χ2v) is 4.89. The number of nitrogens with zero attached hydrogens (tertiary/aromatic N) is 2. The van der Waals surface area contributed by atoms with Crippen LogP contribution < -0.4 is 0 Å². The first-order valence-electron chi connectivity index (χ1n) is 3.78. The van der Waals surface area contributed by atoms with Crippen LogP contribution in [-0.2, 0) is 0 Å². The molecule has 1 aromatic carbocycles. The highest BCUT2D eigenvalue weighted by Crippen LogP contribution is 2.31. The van der Waals surface area contributed by atoms with Gasteiger partial charge in [-0.3, -0.25) is 0 Å². The normalized spacial score (nSPS) is 9.64. The predicted molar refractivity (Wildman–Crippen MR) is 64.0 cm³/mol. The van der Waals surface area contributed by atoms with E-state index in [2.05, 4.69) is 34.7 Å². The van der Waals surface area contributed by atoms with Gasteiger partial charge in [0.2, 0.25) is 0 Å². The van der Waals surface area contributed by atoms with Gasteiger partial charge in [-0.2, -0.15) is 10.5 Å². The van der Waals surface area contributed by atoms with E-state index in [0.29, 0.717) is 10.4 Å². The minimum absolute atomic E-state index is 0.637. The van der Waals surface area contributed by atoms with Crippen LogP contribution in [0.3, 0.4) is 0 Å². The maximum Gasteiger partial charge on any atom is 0.110 e. The molecular formula is C10H3IN2S. The summed E-state index contributed by atoms with van der Waals surface area (Å²) in [4.78, 5) is 0.653. The van der Waals surface area contributed by atoms with E-state index in [1.165, 1.54) is 11.3 Å². The molecular weight excluding hydrogens is 307 g/mol. The molecule has 2 nitrogen and oxygen atoms in total. The predicted octanol–water partition coefficient (Wildman–Crippen LogP) is 3.25. The molecule has 0 aliphatic rings. The van der Waals surface area contributed by atoms with Crippen LogP contribution in [0.2, 0.25) is 0 Å². The Kier molecular flexibility index (Phi) is 2.40. The lowest BCUT2D eigenvalue weighted by Crippen LogP contribution is -1.76. The highest BCUT2D eigenvalue weighted by atomic mass is 127. The molecule has 0 saturated heterocycles. The van der Waals surface area contributed by atoms with Crippen molar-refractivity contribution in [3.05, 3.63) is 32.2 Å². The summed E-state index contributed by atoms with van der Waals surface area (Å²) in [6.07, 6.45) is 0. The van der Waals surface area contributed by atoms with Crippen molar-refractivity contribution in [3.8, 4) is 12.1 Å². The lowest BCUT2D eigenvalue weighted by atomic mass is 10.1. The van der Waals surface area contributed by atoms with Gasteiger partial charge in [0.1, 0.15) is 10.9 Å². The SMILES string of the molecule is N#Cc1cc2c(C#N)ccc(I)c2s1. The van der Waals surface area contributed by atoms with Crippen molar-refractivity contribution in [2.75, 3.05) is 0 Å². The van der Waals surface area contributed by atoms with E-state index < -0.39 is 0 Å². The Hall–Kier alpha value is -1.11. The van der Waals surface area contributed by atoms with Crippen molar-refractivity contribution >= 4 is 44.0 Å². The van der Waals surface area contributed by atoms with Crippen molar-refractivity contribution in [2.45, 2.75) is 0 Å². The number of hydrogen-bond acceptors (Lipinski definition) is 3. The fourth-order valence-corrected chi connectivity index (χ4v) is 2.93. The molecule has 0 N–H and O–H groups in total. The summed E-state index contributed by atoms with van der Waals surface area (Å²) in [7, 11) is 0. The number of benzene rings is 1. The van der Waals surface area contributed by atoms with Crippen LogP contribution in [0.1, 0.15) is 10.4 Å². The third-order valence-electron chi connectivity index (χ3n) is 1.87. The molecule has 1 aromatic heterocycles. The second kappa shape index (κ2) is 3.56. The van der Waals surface area contributed by atoms with E-state index in [-0.39, 0.29) is 0 Å². The minimum atomic E-state index is 0.637. The lowest BCUT2D eigenvalue weighted by molar-refractivity contribution is 1.50.